The maximum Gasteiger partial charge on any atom is 0.374 e. The number of carbonyl (C=O) groups excluding carboxylic acids is 1. The molecule has 3 aromatic rings. The molecule has 0 bridgehead atoms. The topological polar surface area (TPSA) is 69.9 Å². The zero-order valence-corrected chi connectivity index (χ0v) is 17.6. The number of methoxy groups -OCH3 is 1. The number of nitrogens with one attached hydrogen (secondary N) is 1. The summed E-state index contributed by atoms with van der Waals surface area (Å²) in [5, 5.41) is 3.32. The van der Waals surface area contributed by atoms with Crippen molar-refractivity contribution < 1.29 is 27.8 Å². The van der Waals surface area contributed by atoms with Crippen LogP contribution in [0.1, 0.15) is 41.6 Å². The molecule has 0 aliphatic carbocycles. The second-order valence-electron chi connectivity index (χ2n) is 7.90. The smallest absolute Gasteiger partial charge is 0.374 e. The molecule has 4 rings (SSSR count). The van der Waals surface area contributed by atoms with Gasteiger partial charge < -0.3 is 23.9 Å². The first-order valence-corrected chi connectivity index (χ1v) is 9.96. The number of hydrogen-bond donors (Lipinski definition) is 1. The van der Waals surface area contributed by atoms with Crippen LogP contribution in [0.5, 0.6) is 5.75 Å². The summed E-state index contributed by atoms with van der Waals surface area (Å²) in [6, 6.07) is 15.2. The van der Waals surface area contributed by atoms with Gasteiger partial charge in [-0.3, -0.25) is 0 Å². The summed E-state index contributed by atoms with van der Waals surface area (Å²) in [6.45, 7) is 4.23. The minimum atomic E-state index is -0.820. The van der Waals surface area contributed by atoms with Crippen molar-refractivity contribution in [3.8, 4) is 5.75 Å². The molecule has 1 aliphatic rings. The van der Waals surface area contributed by atoms with E-state index in [9.17, 15) is 9.18 Å². The molecule has 7 heteroatoms. The lowest BCUT2D eigenvalue weighted by atomic mass is 9.88. The Morgan fingerprint density at radius 1 is 1.16 bits per heavy atom. The predicted octanol–water partition coefficient (Wildman–Crippen LogP) is 5.11. The van der Waals surface area contributed by atoms with Crippen LogP contribution < -0.4 is 10.1 Å². The molecule has 1 aliphatic heterocycles. The molecule has 0 fully saturated rings. The van der Waals surface area contributed by atoms with Crippen molar-refractivity contribution >= 4 is 11.7 Å². The number of fused-ring (bicyclic) bond motifs is 1. The Hall–Kier alpha value is -3.32. The molecule has 0 saturated heterocycles. The van der Waals surface area contributed by atoms with Crippen LogP contribution in [0.4, 0.5) is 10.1 Å². The highest BCUT2D eigenvalue weighted by Crippen LogP contribution is 2.44. The minimum absolute atomic E-state index is 0.117. The van der Waals surface area contributed by atoms with Crippen molar-refractivity contribution in [2.75, 3.05) is 12.4 Å². The molecule has 0 amide bonds. The van der Waals surface area contributed by atoms with Crippen molar-refractivity contribution in [1.82, 2.24) is 0 Å². The lowest BCUT2D eigenvalue weighted by Gasteiger charge is -2.43. The van der Waals surface area contributed by atoms with E-state index in [0.29, 0.717) is 12.3 Å². The van der Waals surface area contributed by atoms with Gasteiger partial charge in [-0.1, -0.05) is 12.1 Å². The van der Waals surface area contributed by atoms with E-state index in [1.165, 1.54) is 18.4 Å². The number of ether oxygens (including phenoxy) is 3. The normalized spacial score (nSPS) is 19.2. The van der Waals surface area contributed by atoms with Crippen LogP contribution in [-0.2, 0) is 16.0 Å². The highest BCUT2D eigenvalue weighted by Gasteiger charge is 2.47. The first-order chi connectivity index (χ1) is 14.9. The van der Waals surface area contributed by atoms with Crippen LogP contribution in [0, 0.1) is 5.82 Å². The second-order valence-corrected chi connectivity index (χ2v) is 7.90. The monoisotopic (exact) mass is 425 g/mol. The Balaban J connectivity index is 1.56. The highest BCUT2D eigenvalue weighted by molar-refractivity contribution is 5.86. The van der Waals surface area contributed by atoms with Gasteiger partial charge in [0.1, 0.15) is 23.3 Å². The molecule has 2 unspecified atom stereocenters. The quantitative estimate of drug-likeness (QED) is 0.553. The number of rotatable bonds is 6. The molecule has 2 heterocycles. The van der Waals surface area contributed by atoms with E-state index < -0.39 is 23.8 Å². The fourth-order valence-corrected chi connectivity index (χ4v) is 3.67. The van der Waals surface area contributed by atoms with Gasteiger partial charge in [0.25, 0.3) is 0 Å². The molecule has 2 atom stereocenters. The van der Waals surface area contributed by atoms with Crippen molar-refractivity contribution in [2.24, 2.45) is 0 Å². The molecular formula is C24H24FNO5. The van der Waals surface area contributed by atoms with Gasteiger partial charge in [-0.15, -0.1) is 0 Å². The van der Waals surface area contributed by atoms with Crippen LogP contribution in [0.25, 0.3) is 0 Å². The third-order valence-electron chi connectivity index (χ3n) is 5.27. The molecular weight excluding hydrogens is 401 g/mol. The molecule has 162 valence electrons. The number of hydrogen-bond acceptors (Lipinski definition) is 6. The molecule has 0 radical (unpaired) electrons. The number of furan rings is 1. The first kappa shape index (κ1) is 20.9. The van der Waals surface area contributed by atoms with Gasteiger partial charge >= 0.3 is 5.97 Å². The number of anilines is 1. The lowest BCUT2D eigenvalue weighted by molar-refractivity contribution is -0.130. The van der Waals surface area contributed by atoms with Gasteiger partial charge in [0.2, 0.25) is 5.76 Å². The Morgan fingerprint density at radius 3 is 2.61 bits per heavy atom. The summed E-state index contributed by atoms with van der Waals surface area (Å²) in [5.41, 5.74) is 1.73. The average molecular weight is 425 g/mol. The summed E-state index contributed by atoms with van der Waals surface area (Å²) >= 11 is 0. The summed E-state index contributed by atoms with van der Waals surface area (Å²) in [5.74, 6) is -0.0706. The van der Waals surface area contributed by atoms with Gasteiger partial charge in [-0.05, 0) is 61.9 Å². The SMILES string of the molecule is COC1c2cc(NCc3ccc(F)cc3)ccc2OC(C)(C)C1OC(=O)c1ccco1. The van der Waals surface area contributed by atoms with Gasteiger partial charge in [0.15, 0.2) is 6.10 Å². The molecule has 1 aromatic heterocycles. The van der Waals surface area contributed by atoms with Crippen molar-refractivity contribution in [1.29, 1.82) is 0 Å². The van der Waals surface area contributed by atoms with Crippen molar-refractivity contribution in [3.63, 3.8) is 0 Å². The molecule has 2 aromatic carbocycles. The molecule has 0 saturated carbocycles. The van der Waals surface area contributed by atoms with Crippen LogP contribution in [0.3, 0.4) is 0 Å². The van der Waals surface area contributed by atoms with E-state index in [-0.39, 0.29) is 11.6 Å². The van der Waals surface area contributed by atoms with Crippen LogP contribution in [0.15, 0.2) is 65.3 Å². The third kappa shape index (κ3) is 4.41. The zero-order valence-electron chi connectivity index (χ0n) is 17.6. The van der Waals surface area contributed by atoms with Gasteiger partial charge in [-0.2, -0.15) is 0 Å². The van der Waals surface area contributed by atoms with E-state index in [2.05, 4.69) is 5.32 Å². The van der Waals surface area contributed by atoms with Gasteiger partial charge in [-0.25, -0.2) is 9.18 Å². The summed E-state index contributed by atoms with van der Waals surface area (Å²) in [7, 11) is 1.57. The largest absolute Gasteiger partial charge is 0.483 e. The summed E-state index contributed by atoms with van der Waals surface area (Å²) in [4.78, 5) is 12.5. The maximum absolute atomic E-state index is 13.1. The summed E-state index contributed by atoms with van der Waals surface area (Å²) in [6.07, 6.45) is 0.182. The fourth-order valence-electron chi connectivity index (χ4n) is 3.67. The highest BCUT2D eigenvalue weighted by atomic mass is 19.1. The summed E-state index contributed by atoms with van der Waals surface area (Å²) < 4.78 is 35.9. The first-order valence-electron chi connectivity index (χ1n) is 9.96. The Morgan fingerprint density at radius 2 is 1.94 bits per heavy atom. The molecule has 31 heavy (non-hydrogen) atoms. The third-order valence-corrected chi connectivity index (χ3v) is 5.27. The second kappa shape index (κ2) is 8.43. The Labute approximate surface area is 179 Å². The van der Waals surface area contributed by atoms with Crippen molar-refractivity contribution in [3.05, 3.63) is 83.6 Å². The number of carbonyl (C=O) groups is 1. The van der Waals surface area contributed by atoms with Crippen LogP contribution in [-0.4, -0.2) is 24.8 Å². The van der Waals surface area contributed by atoms with E-state index in [1.54, 1.807) is 31.4 Å². The number of esters is 1. The van der Waals surface area contributed by atoms with E-state index in [4.69, 9.17) is 18.6 Å². The van der Waals surface area contributed by atoms with E-state index in [0.717, 1.165) is 16.8 Å². The van der Waals surface area contributed by atoms with Crippen LogP contribution in [0.2, 0.25) is 0 Å². The standard InChI is InChI=1S/C24H24FNO5/c1-24(2)22(30-23(27)20-5-4-12-29-20)21(28-3)18-13-17(10-11-19(18)31-24)26-14-15-6-8-16(25)9-7-15/h4-13,21-22,26H,14H2,1-3H3. The Kier molecular flexibility index (Phi) is 5.69. The minimum Gasteiger partial charge on any atom is -0.483 e. The average Bonchev–Trinajstić information content (AvgIpc) is 3.29. The molecule has 6 nitrogen and oxygen atoms in total. The van der Waals surface area contributed by atoms with E-state index >= 15 is 0 Å². The van der Waals surface area contributed by atoms with Gasteiger partial charge in [0.05, 0.1) is 6.26 Å². The van der Waals surface area contributed by atoms with Crippen LogP contribution >= 0.6 is 0 Å². The zero-order chi connectivity index (χ0) is 22.0. The number of benzene rings is 2. The van der Waals surface area contributed by atoms with Crippen molar-refractivity contribution in [2.45, 2.75) is 38.2 Å². The fraction of sp³-hybridized carbons (Fsp3) is 0.292. The maximum atomic E-state index is 13.1. The Bertz CT molecular complexity index is 1050. The molecule has 0 spiro atoms. The van der Waals surface area contributed by atoms with E-state index in [1.807, 2.05) is 32.0 Å². The van der Waals surface area contributed by atoms with Gasteiger partial charge in [0, 0.05) is 24.9 Å². The number of halogens is 1. The molecule has 1 N–H and O–H groups in total. The lowest BCUT2D eigenvalue weighted by Crippen LogP contribution is -2.51. The predicted molar refractivity (Wildman–Crippen MR) is 113 cm³/mol.